The highest BCUT2D eigenvalue weighted by atomic mass is 16.3. The minimum atomic E-state index is -0.230. The molecule has 0 N–H and O–H groups in total. The summed E-state index contributed by atoms with van der Waals surface area (Å²) in [6.07, 6.45) is 0. The van der Waals surface area contributed by atoms with Crippen molar-refractivity contribution in [3.05, 3.63) is 138 Å². The molecule has 0 saturated carbocycles. The van der Waals surface area contributed by atoms with Crippen LogP contribution in [0.3, 0.4) is 0 Å². The van der Waals surface area contributed by atoms with Crippen LogP contribution < -0.4 is 0 Å². The van der Waals surface area contributed by atoms with Crippen LogP contribution in [-0.2, 0) is 5.41 Å². The van der Waals surface area contributed by atoms with Gasteiger partial charge in [-0.25, -0.2) is 9.97 Å². The van der Waals surface area contributed by atoms with Gasteiger partial charge in [0.05, 0.1) is 16.9 Å². The Morgan fingerprint density at radius 3 is 2.24 bits per heavy atom. The average molecular weight is 592 g/mol. The highest BCUT2D eigenvalue weighted by Gasteiger charge is 2.42. The van der Waals surface area contributed by atoms with Crippen LogP contribution in [0.5, 0.6) is 0 Å². The van der Waals surface area contributed by atoms with Crippen molar-refractivity contribution in [2.24, 2.45) is 0 Å². The summed E-state index contributed by atoms with van der Waals surface area (Å²) in [4.78, 5) is 11.0. The number of benzene rings is 6. The molecule has 0 aliphatic heterocycles. The van der Waals surface area contributed by atoms with E-state index in [1.165, 1.54) is 27.6 Å². The third kappa shape index (κ3) is 3.23. The van der Waals surface area contributed by atoms with Crippen LogP contribution >= 0.6 is 0 Å². The van der Waals surface area contributed by atoms with Gasteiger partial charge in [0, 0.05) is 43.5 Å². The van der Waals surface area contributed by atoms with E-state index in [9.17, 15) is 0 Å². The summed E-state index contributed by atoms with van der Waals surface area (Å²) in [6, 6.07) is 42.8. The lowest BCUT2D eigenvalue weighted by Gasteiger charge is -2.21. The van der Waals surface area contributed by atoms with Gasteiger partial charge in [0.25, 0.3) is 0 Å². The van der Waals surface area contributed by atoms with Crippen LogP contribution in [0.25, 0.3) is 83.0 Å². The average Bonchev–Trinajstić information content (AvgIpc) is 3.71. The van der Waals surface area contributed by atoms with Gasteiger partial charge in [0.2, 0.25) is 5.95 Å². The molecule has 10 rings (SSSR count). The predicted octanol–water partition coefficient (Wildman–Crippen LogP) is 10.9. The molecule has 218 valence electrons. The lowest BCUT2D eigenvalue weighted by atomic mass is 9.81. The maximum Gasteiger partial charge on any atom is 0.235 e. The van der Waals surface area contributed by atoms with Gasteiger partial charge in [-0.1, -0.05) is 117 Å². The Morgan fingerprint density at radius 2 is 1.37 bits per heavy atom. The number of fused-ring (bicyclic) bond motifs is 12. The van der Waals surface area contributed by atoms with Crippen molar-refractivity contribution >= 4 is 54.5 Å². The quantitative estimate of drug-likeness (QED) is 0.188. The van der Waals surface area contributed by atoms with E-state index in [1.54, 1.807) is 0 Å². The SMILES string of the molecule is Cc1cccc2c1-c1c(c3ccc4c5ccccc5oc4c3n1-c1nc(-c3ccccc3)c3ccc4ccccc4c3n1)C2(C)C. The van der Waals surface area contributed by atoms with Crippen molar-refractivity contribution in [1.29, 1.82) is 0 Å². The number of para-hydroxylation sites is 1. The van der Waals surface area contributed by atoms with Crippen LogP contribution in [0.4, 0.5) is 0 Å². The molecule has 0 radical (unpaired) electrons. The third-order valence-corrected chi connectivity index (χ3v) is 10.1. The van der Waals surface area contributed by atoms with Crippen molar-refractivity contribution in [1.82, 2.24) is 14.5 Å². The minimum absolute atomic E-state index is 0.230. The van der Waals surface area contributed by atoms with E-state index in [4.69, 9.17) is 14.4 Å². The zero-order valence-corrected chi connectivity index (χ0v) is 25.8. The molecule has 4 heteroatoms. The molecular formula is C42H29N3O. The van der Waals surface area contributed by atoms with Crippen LogP contribution in [0.2, 0.25) is 0 Å². The fourth-order valence-corrected chi connectivity index (χ4v) is 8.02. The first kappa shape index (κ1) is 25.6. The Morgan fingerprint density at radius 1 is 0.630 bits per heavy atom. The van der Waals surface area contributed by atoms with E-state index in [0.717, 1.165) is 66.1 Å². The lowest BCUT2D eigenvalue weighted by molar-refractivity contribution is 0.665. The molecule has 6 aromatic carbocycles. The third-order valence-electron chi connectivity index (χ3n) is 10.1. The largest absolute Gasteiger partial charge is 0.454 e. The number of furan rings is 1. The van der Waals surface area contributed by atoms with Gasteiger partial charge in [0.15, 0.2) is 5.58 Å². The van der Waals surface area contributed by atoms with Crippen LogP contribution in [0.15, 0.2) is 126 Å². The minimum Gasteiger partial charge on any atom is -0.454 e. The highest BCUT2D eigenvalue weighted by Crippen LogP contribution is 2.55. The molecule has 1 aliphatic rings. The van der Waals surface area contributed by atoms with Crippen LogP contribution in [0, 0.1) is 6.92 Å². The summed E-state index contributed by atoms with van der Waals surface area (Å²) in [5.74, 6) is 0.647. The molecule has 0 spiro atoms. The smallest absolute Gasteiger partial charge is 0.235 e. The zero-order chi connectivity index (χ0) is 30.7. The standard InChI is InChI=1S/C42H29N3O/c1-24-12-11-18-32-34(24)39-35(42(32,2)3)30-23-22-29-28-17-9-10-19-33(28)46-40(29)38(30)45(39)41-43-36(26-14-5-4-6-15-26)31-21-20-25-13-7-8-16-27(25)37(31)44-41/h4-23H,1-3H3. The number of aryl methyl sites for hydroxylation is 1. The number of hydrogen-bond donors (Lipinski definition) is 0. The molecule has 46 heavy (non-hydrogen) atoms. The van der Waals surface area contributed by atoms with Gasteiger partial charge >= 0.3 is 0 Å². The second kappa shape index (κ2) is 8.92. The van der Waals surface area contributed by atoms with Gasteiger partial charge < -0.3 is 4.42 Å². The van der Waals surface area contributed by atoms with E-state index in [-0.39, 0.29) is 5.41 Å². The molecule has 3 aromatic heterocycles. The Kier molecular flexibility index (Phi) is 4.96. The molecule has 0 fully saturated rings. The molecule has 4 nitrogen and oxygen atoms in total. The van der Waals surface area contributed by atoms with Gasteiger partial charge in [-0.15, -0.1) is 0 Å². The summed E-state index contributed by atoms with van der Waals surface area (Å²) in [7, 11) is 0. The van der Waals surface area contributed by atoms with Crippen molar-refractivity contribution in [3.8, 4) is 28.5 Å². The second-order valence-electron chi connectivity index (χ2n) is 13.0. The van der Waals surface area contributed by atoms with Gasteiger partial charge in [-0.2, -0.15) is 0 Å². The molecule has 0 saturated heterocycles. The number of nitrogens with zero attached hydrogens (tertiary/aromatic N) is 3. The number of aromatic nitrogens is 3. The maximum absolute atomic E-state index is 6.75. The van der Waals surface area contributed by atoms with E-state index in [0.29, 0.717) is 5.95 Å². The van der Waals surface area contributed by atoms with Crippen molar-refractivity contribution < 1.29 is 4.42 Å². The van der Waals surface area contributed by atoms with Crippen molar-refractivity contribution in [3.63, 3.8) is 0 Å². The molecule has 0 amide bonds. The first-order valence-electron chi connectivity index (χ1n) is 15.9. The Labute approximate surface area is 265 Å². The monoisotopic (exact) mass is 591 g/mol. The fourth-order valence-electron chi connectivity index (χ4n) is 8.02. The Balaban J connectivity index is 1.45. The maximum atomic E-state index is 6.75. The molecule has 9 aromatic rings. The number of hydrogen-bond acceptors (Lipinski definition) is 3. The molecule has 0 atom stereocenters. The van der Waals surface area contributed by atoms with E-state index in [1.807, 2.05) is 6.07 Å². The normalized spacial score (nSPS) is 13.7. The topological polar surface area (TPSA) is 43.9 Å². The summed E-state index contributed by atoms with van der Waals surface area (Å²) in [5, 5.41) is 6.68. The van der Waals surface area contributed by atoms with E-state index in [2.05, 4.69) is 141 Å². The van der Waals surface area contributed by atoms with Crippen molar-refractivity contribution in [2.75, 3.05) is 0 Å². The zero-order valence-electron chi connectivity index (χ0n) is 25.8. The van der Waals surface area contributed by atoms with Gasteiger partial charge in [-0.05, 0) is 47.2 Å². The fraction of sp³-hybridized carbons (Fsp3) is 0.0952. The van der Waals surface area contributed by atoms with E-state index >= 15 is 0 Å². The first-order valence-corrected chi connectivity index (χ1v) is 15.9. The lowest BCUT2D eigenvalue weighted by Crippen LogP contribution is -2.14. The molecule has 3 heterocycles. The summed E-state index contributed by atoms with van der Waals surface area (Å²) in [5.41, 5.74) is 11.7. The summed E-state index contributed by atoms with van der Waals surface area (Å²) >= 11 is 0. The summed E-state index contributed by atoms with van der Waals surface area (Å²) < 4.78 is 9.06. The number of rotatable bonds is 2. The molecule has 0 bridgehead atoms. The van der Waals surface area contributed by atoms with Gasteiger partial charge in [-0.3, -0.25) is 4.57 Å². The van der Waals surface area contributed by atoms with E-state index < -0.39 is 0 Å². The molecule has 1 aliphatic carbocycles. The molecular weight excluding hydrogens is 562 g/mol. The highest BCUT2D eigenvalue weighted by molar-refractivity contribution is 6.17. The molecule has 0 unspecified atom stereocenters. The summed E-state index contributed by atoms with van der Waals surface area (Å²) in [6.45, 7) is 6.90. The Bertz CT molecular complexity index is 2730. The first-order chi connectivity index (χ1) is 22.5. The van der Waals surface area contributed by atoms with Crippen molar-refractivity contribution in [2.45, 2.75) is 26.2 Å². The van der Waals surface area contributed by atoms with Crippen LogP contribution in [0.1, 0.15) is 30.5 Å². The predicted molar refractivity (Wildman–Crippen MR) is 189 cm³/mol. The second-order valence-corrected chi connectivity index (χ2v) is 13.0. The Hall–Kier alpha value is -5.74. The van der Waals surface area contributed by atoms with Crippen LogP contribution in [-0.4, -0.2) is 14.5 Å². The van der Waals surface area contributed by atoms with Gasteiger partial charge in [0.1, 0.15) is 11.1 Å².